The van der Waals surface area contributed by atoms with Crippen LogP contribution in [0.15, 0.2) is 11.1 Å². The first-order valence-corrected chi connectivity index (χ1v) is 4.75. The standard InChI is InChI=1S/C10H16O2/c1-3-9-8(2)4-5-10(9)11-6-7-12-10/h3-7H2,1-2H3. The van der Waals surface area contributed by atoms with Gasteiger partial charge in [0.15, 0.2) is 5.79 Å². The van der Waals surface area contributed by atoms with Gasteiger partial charge in [0.05, 0.1) is 13.2 Å². The lowest BCUT2D eigenvalue weighted by atomic mass is 10.1. The van der Waals surface area contributed by atoms with E-state index < -0.39 is 0 Å². The maximum absolute atomic E-state index is 5.70. The van der Waals surface area contributed by atoms with Crippen molar-refractivity contribution in [2.75, 3.05) is 13.2 Å². The van der Waals surface area contributed by atoms with Crippen molar-refractivity contribution in [3.8, 4) is 0 Å². The Kier molecular flexibility index (Phi) is 1.97. The van der Waals surface area contributed by atoms with E-state index in [4.69, 9.17) is 9.47 Å². The molecule has 1 saturated heterocycles. The molecule has 0 bridgehead atoms. The lowest BCUT2D eigenvalue weighted by Crippen LogP contribution is -2.29. The Morgan fingerprint density at radius 2 is 2.00 bits per heavy atom. The number of hydrogen-bond acceptors (Lipinski definition) is 2. The third kappa shape index (κ3) is 1.02. The normalized spacial score (nSPS) is 27.5. The highest BCUT2D eigenvalue weighted by atomic mass is 16.7. The van der Waals surface area contributed by atoms with Crippen LogP contribution in [0.2, 0.25) is 0 Å². The summed E-state index contributed by atoms with van der Waals surface area (Å²) in [5.74, 6) is -0.293. The van der Waals surface area contributed by atoms with E-state index in [1.807, 2.05) is 0 Å². The van der Waals surface area contributed by atoms with E-state index in [0.29, 0.717) is 0 Å². The van der Waals surface area contributed by atoms with E-state index in [-0.39, 0.29) is 5.79 Å². The van der Waals surface area contributed by atoms with Crippen LogP contribution in [0.5, 0.6) is 0 Å². The molecule has 2 nitrogen and oxygen atoms in total. The van der Waals surface area contributed by atoms with Crippen LogP contribution in [0.4, 0.5) is 0 Å². The SMILES string of the molecule is CCC1=C(C)CCC12OCCO2. The Morgan fingerprint density at radius 3 is 2.58 bits per heavy atom. The fourth-order valence-corrected chi connectivity index (χ4v) is 2.32. The number of rotatable bonds is 1. The van der Waals surface area contributed by atoms with Crippen molar-refractivity contribution in [1.29, 1.82) is 0 Å². The van der Waals surface area contributed by atoms with Gasteiger partial charge in [-0.1, -0.05) is 12.5 Å². The predicted octanol–water partition coefficient (Wildman–Crippen LogP) is 2.25. The summed E-state index contributed by atoms with van der Waals surface area (Å²) in [5.41, 5.74) is 2.86. The van der Waals surface area contributed by atoms with Crippen molar-refractivity contribution in [2.24, 2.45) is 0 Å². The lowest BCUT2D eigenvalue weighted by molar-refractivity contribution is -0.125. The lowest BCUT2D eigenvalue weighted by Gasteiger charge is -2.25. The van der Waals surface area contributed by atoms with Crippen LogP contribution >= 0.6 is 0 Å². The molecule has 68 valence electrons. The summed E-state index contributed by atoms with van der Waals surface area (Å²) in [6, 6.07) is 0. The summed E-state index contributed by atoms with van der Waals surface area (Å²) in [6.45, 7) is 5.89. The summed E-state index contributed by atoms with van der Waals surface area (Å²) in [6.07, 6.45) is 3.23. The molecule has 1 aliphatic heterocycles. The van der Waals surface area contributed by atoms with Gasteiger partial charge in [0.2, 0.25) is 0 Å². The molecular formula is C10H16O2. The fraction of sp³-hybridized carbons (Fsp3) is 0.800. The molecule has 0 aromatic heterocycles. The van der Waals surface area contributed by atoms with Gasteiger partial charge in [-0.2, -0.15) is 0 Å². The Hall–Kier alpha value is -0.340. The molecular weight excluding hydrogens is 152 g/mol. The molecule has 0 amide bonds. The van der Waals surface area contributed by atoms with Crippen molar-refractivity contribution in [2.45, 2.75) is 38.9 Å². The predicted molar refractivity (Wildman–Crippen MR) is 46.9 cm³/mol. The molecule has 1 fully saturated rings. The van der Waals surface area contributed by atoms with Gasteiger partial charge in [-0.3, -0.25) is 0 Å². The quantitative estimate of drug-likeness (QED) is 0.559. The minimum atomic E-state index is -0.293. The monoisotopic (exact) mass is 168 g/mol. The largest absolute Gasteiger partial charge is 0.344 e. The molecule has 0 saturated carbocycles. The summed E-state index contributed by atoms with van der Waals surface area (Å²) < 4.78 is 11.4. The van der Waals surface area contributed by atoms with Crippen LogP contribution in [0, 0.1) is 0 Å². The summed E-state index contributed by atoms with van der Waals surface area (Å²) >= 11 is 0. The van der Waals surface area contributed by atoms with E-state index in [9.17, 15) is 0 Å². The van der Waals surface area contributed by atoms with E-state index in [1.54, 1.807) is 0 Å². The molecule has 2 aliphatic rings. The minimum absolute atomic E-state index is 0.293. The van der Waals surface area contributed by atoms with Gasteiger partial charge in [-0.15, -0.1) is 0 Å². The van der Waals surface area contributed by atoms with Crippen LogP contribution in [-0.4, -0.2) is 19.0 Å². The first kappa shape index (κ1) is 8.27. The topological polar surface area (TPSA) is 18.5 Å². The minimum Gasteiger partial charge on any atom is -0.344 e. The molecule has 0 aromatic rings. The zero-order valence-electron chi connectivity index (χ0n) is 7.85. The Labute approximate surface area is 73.5 Å². The van der Waals surface area contributed by atoms with Gasteiger partial charge in [-0.25, -0.2) is 0 Å². The van der Waals surface area contributed by atoms with Gasteiger partial charge in [0.1, 0.15) is 0 Å². The van der Waals surface area contributed by atoms with Crippen molar-refractivity contribution in [3.05, 3.63) is 11.1 Å². The molecule has 0 aromatic carbocycles. The smallest absolute Gasteiger partial charge is 0.191 e. The second-order valence-corrected chi connectivity index (χ2v) is 3.56. The molecule has 12 heavy (non-hydrogen) atoms. The molecule has 0 atom stereocenters. The van der Waals surface area contributed by atoms with Crippen LogP contribution in [0.1, 0.15) is 33.1 Å². The highest BCUT2D eigenvalue weighted by Crippen LogP contribution is 2.43. The average Bonchev–Trinajstić information content (AvgIpc) is 2.63. The first-order chi connectivity index (χ1) is 5.78. The maximum Gasteiger partial charge on any atom is 0.191 e. The molecule has 1 heterocycles. The van der Waals surface area contributed by atoms with E-state index in [1.165, 1.54) is 11.1 Å². The van der Waals surface area contributed by atoms with Gasteiger partial charge < -0.3 is 9.47 Å². The van der Waals surface area contributed by atoms with Crippen LogP contribution < -0.4 is 0 Å². The van der Waals surface area contributed by atoms with Crippen LogP contribution in [-0.2, 0) is 9.47 Å². The molecule has 1 spiro atoms. The molecule has 0 N–H and O–H groups in total. The third-order valence-electron chi connectivity index (χ3n) is 2.91. The Balaban J connectivity index is 2.27. The number of hydrogen-bond donors (Lipinski definition) is 0. The van der Waals surface area contributed by atoms with Crippen LogP contribution in [0.3, 0.4) is 0 Å². The zero-order valence-corrected chi connectivity index (χ0v) is 7.85. The molecule has 2 heteroatoms. The van der Waals surface area contributed by atoms with Crippen molar-refractivity contribution in [3.63, 3.8) is 0 Å². The highest BCUT2D eigenvalue weighted by molar-refractivity contribution is 5.27. The molecule has 2 rings (SSSR count). The van der Waals surface area contributed by atoms with Crippen molar-refractivity contribution in [1.82, 2.24) is 0 Å². The van der Waals surface area contributed by atoms with E-state index >= 15 is 0 Å². The second-order valence-electron chi connectivity index (χ2n) is 3.56. The average molecular weight is 168 g/mol. The molecule has 0 radical (unpaired) electrons. The van der Waals surface area contributed by atoms with Crippen molar-refractivity contribution < 1.29 is 9.47 Å². The van der Waals surface area contributed by atoms with Gasteiger partial charge in [0.25, 0.3) is 0 Å². The molecule has 1 aliphatic carbocycles. The number of ether oxygens (including phenoxy) is 2. The third-order valence-corrected chi connectivity index (χ3v) is 2.91. The fourth-order valence-electron chi connectivity index (χ4n) is 2.32. The summed E-state index contributed by atoms with van der Waals surface area (Å²) in [5, 5.41) is 0. The number of allylic oxidation sites excluding steroid dienone is 1. The van der Waals surface area contributed by atoms with E-state index in [2.05, 4.69) is 13.8 Å². The van der Waals surface area contributed by atoms with Gasteiger partial charge in [0, 0.05) is 6.42 Å². The Bertz CT molecular complexity index is 212. The van der Waals surface area contributed by atoms with Gasteiger partial charge in [-0.05, 0) is 25.3 Å². The van der Waals surface area contributed by atoms with Gasteiger partial charge >= 0.3 is 0 Å². The maximum atomic E-state index is 5.70. The second kappa shape index (κ2) is 2.86. The zero-order chi connectivity index (χ0) is 8.60. The van der Waals surface area contributed by atoms with Crippen molar-refractivity contribution >= 4 is 0 Å². The van der Waals surface area contributed by atoms with Crippen LogP contribution in [0.25, 0.3) is 0 Å². The summed E-state index contributed by atoms with van der Waals surface area (Å²) in [7, 11) is 0. The Morgan fingerprint density at radius 1 is 1.33 bits per heavy atom. The molecule has 0 unspecified atom stereocenters. The first-order valence-electron chi connectivity index (χ1n) is 4.75. The summed E-state index contributed by atoms with van der Waals surface area (Å²) in [4.78, 5) is 0. The highest BCUT2D eigenvalue weighted by Gasteiger charge is 2.43. The van der Waals surface area contributed by atoms with E-state index in [0.717, 1.165) is 32.5 Å².